The number of benzene rings is 1. The third-order valence-corrected chi connectivity index (χ3v) is 3.21. The molecule has 0 bridgehead atoms. The van der Waals surface area contributed by atoms with Crippen LogP contribution in [0, 0.1) is 0 Å². The van der Waals surface area contributed by atoms with E-state index in [1.807, 2.05) is 19.1 Å². The number of nitrogens with zero attached hydrogens (tertiary/aromatic N) is 2. The lowest BCUT2D eigenvalue weighted by molar-refractivity contribution is 0.0661. The summed E-state index contributed by atoms with van der Waals surface area (Å²) in [4.78, 5) is 11.3. The van der Waals surface area contributed by atoms with Crippen molar-refractivity contribution < 1.29 is 19.1 Å². The number of hydrogen-bond donors (Lipinski definition) is 1. The quantitative estimate of drug-likeness (QED) is 0.780. The molecule has 0 amide bonds. The van der Waals surface area contributed by atoms with Gasteiger partial charge in [0.05, 0.1) is 18.0 Å². The van der Waals surface area contributed by atoms with E-state index in [1.54, 1.807) is 29.2 Å². The zero-order valence-corrected chi connectivity index (χ0v) is 11.4. The highest BCUT2D eigenvalue weighted by atomic mass is 16.5. The maximum atomic E-state index is 11.3. The summed E-state index contributed by atoms with van der Waals surface area (Å²) in [5, 5.41) is 14.1. The Labute approximate surface area is 120 Å². The number of carbonyl (C=O) groups is 1. The summed E-state index contributed by atoms with van der Waals surface area (Å²) in [6.07, 6.45) is 3.37. The lowest BCUT2D eigenvalue weighted by atomic mass is 10.1. The molecule has 0 atom stereocenters. The van der Waals surface area contributed by atoms with Crippen LogP contribution in [0.2, 0.25) is 0 Å². The van der Waals surface area contributed by atoms with Gasteiger partial charge in [0.2, 0.25) is 5.76 Å². The van der Waals surface area contributed by atoms with Crippen molar-refractivity contribution in [3.63, 3.8) is 0 Å². The van der Waals surface area contributed by atoms with Crippen molar-refractivity contribution >= 4 is 16.9 Å². The number of aromatic carboxylic acids is 1. The monoisotopic (exact) mass is 286 g/mol. The third kappa shape index (κ3) is 2.47. The zero-order valence-electron chi connectivity index (χ0n) is 11.4. The molecule has 6 heteroatoms. The lowest BCUT2D eigenvalue weighted by Gasteiger charge is -2.02. The van der Waals surface area contributed by atoms with Crippen molar-refractivity contribution in [1.29, 1.82) is 0 Å². The fourth-order valence-corrected chi connectivity index (χ4v) is 2.16. The fraction of sp³-hybridized carbons (Fsp3) is 0.200. The van der Waals surface area contributed by atoms with E-state index < -0.39 is 5.97 Å². The minimum absolute atomic E-state index is 0.0842. The van der Waals surface area contributed by atoms with Crippen molar-refractivity contribution in [2.75, 3.05) is 0 Å². The number of furan rings is 1. The van der Waals surface area contributed by atoms with E-state index in [0.29, 0.717) is 16.9 Å². The van der Waals surface area contributed by atoms with Crippen LogP contribution < -0.4 is 4.74 Å². The number of carboxylic acid groups (broad SMARTS) is 1. The standard InChI is InChI=1S/C15H14N2O4/c1-2-17-8-10(7-16-17)20-9-12-11-5-3-4-6-13(11)21-14(12)15(18)19/h3-8H,2,9H2,1H3,(H,18,19). The molecule has 1 aromatic carbocycles. The summed E-state index contributed by atoms with van der Waals surface area (Å²) in [5.41, 5.74) is 1.07. The molecule has 0 spiro atoms. The second-order valence-electron chi connectivity index (χ2n) is 4.53. The van der Waals surface area contributed by atoms with Crippen LogP contribution in [0.1, 0.15) is 23.0 Å². The van der Waals surface area contributed by atoms with Gasteiger partial charge in [0.1, 0.15) is 12.2 Å². The summed E-state index contributed by atoms with van der Waals surface area (Å²) in [6, 6.07) is 7.19. The maximum Gasteiger partial charge on any atom is 0.372 e. The van der Waals surface area contributed by atoms with Gasteiger partial charge in [-0.15, -0.1) is 0 Å². The number of ether oxygens (including phenoxy) is 1. The molecule has 0 saturated carbocycles. The molecule has 3 rings (SSSR count). The van der Waals surface area contributed by atoms with Crippen LogP contribution >= 0.6 is 0 Å². The van der Waals surface area contributed by atoms with Gasteiger partial charge in [-0.05, 0) is 13.0 Å². The minimum atomic E-state index is -1.10. The molecule has 0 aliphatic rings. The van der Waals surface area contributed by atoms with Gasteiger partial charge in [0.25, 0.3) is 0 Å². The van der Waals surface area contributed by atoms with E-state index in [1.165, 1.54) is 0 Å². The van der Waals surface area contributed by atoms with Crippen LogP contribution in [0.3, 0.4) is 0 Å². The third-order valence-electron chi connectivity index (χ3n) is 3.21. The van der Waals surface area contributed by atoms with Gasteiger partial charge in [-0.3, -0.25) is 4.68 Å². The van der Waals surface area contributed by atoms with E-state index in [9.17, 15) is 9.90 Å². The van der Waals surface area contributed by atoms with Crippen molar-refractivity contribution in [1.82, 2.24) is 9.78 Å². The molecule has 21 heavy (non-hydrogen) atoms. The van der Waals surface area contributed by atoms with Gasteiger partial charge >= 0.3 is 5.97 Å². The summed E-state index contributed by atoms with van der Waals surface area (Å²) in [7, 11) is 0. The molecule has 2 aromatic heterocycles. The largest absolute Gasteiger partial charge is 0.485 e. The Morgan fingerprint density at radius 1 is 1.43 bits per heavy atom. The van der Waals surface area contributed by atoms with Crippen molar-refractivity contribution in [3.8, 4) is 5.75 Å². The molecule has 0 unspecified atom stereocenters. The molecular formula is C15H14N2O4. The second-order valence-corrected chi connectivity index (χ2v) is 4.53. The zero-order chi connectivity index (χ0) is 14.8. The number of fused-ring (bicyclic) bond motifs is 1. The van der Waals surface area contributed by atoms with Gasteiger partial charge in [-0.1, -0.05) is 18.2 Å². The van der Waals surface area contributed by atoms with Crippen LogP contribution in [-0.4, -0.2) is 20.9 Å². The average molecular weight is 286 g/mol. The Bertz CT molecular complexity index is 788. The Hall–Kier alpha value is -2.76. The summed E-state index contributed by atoms with van der Waals surface area (Å²) in [5.74, 6) is -0.591. The van der Waals surface area contributed by atoms with Crippen molar-refractivity contribution in [2.45, 2.75) is 20.1 Å². The highest BCUT2D eigenvalue weighted by molar-refractivity contribution is 5.95. The Kier molecular flexibility index (Phi) is 3.35. The normalized spacial score (nSPS) is 10.9. The highest BCUT2D eigenvalue weighted by Gasteiger charge is 2.20. The van der Waals surface area contributed by atoms with E-state index in [-0.39, 0.29) is 12.4 Å². The van der Waals surface area contributed by atoms with Crippen LogP contribution in [0.4, 0.5) is 0 Å². The molecule has 0 aliphatic carbocycles. The van der Waals surface area contributed by atoms with Gasteiger partial charge < -0.3 is 14.3 Å². The first-order chi connectivity index (χ1) is 10.2. The van der Waals surface area contributed by atoms with E-state index in [4.69, 9.17) is 9.15 Å². The lowest BCUT2D eigenvalue weighted by Crippen LogP contribution is -2.02. The van der Waals surface area contributed by atoms with Crippen LogP contribution in [0.5, 0.6) is 5.75 Å². The fourth-order valence-electron chi connectivity index (χ4n) is 2.16. The molecule has 0 fully saturated rings. The number of rotatable bonds is 5. The molecule has 108 valence electrons. The smallest absolute Gasteiger partial charge is 0.372 e. The predicted octanol–water partition coefficient (Wildman–Crippen LogP) is 2.93. The van der Waals surface area contributed by atoms with E-state index in [0.717, 1.165) is 11.9 Å². The van der Waals surface area contributed by atoms with Crippen LogP contribution in [-0.2, 0) is 13.2 Å². The van der Waals surface area contributed by atoms with Gasteiger partial charge in [-0.2, -0.15) is 5.10 Å². The van der Waals surface area contributed by atoms with Crippen molar-refractivity contribution in [2.24, 2.45) is 0 Å². The molecule has 0 aliphatic heterocycles. The second kappa shape index (κ2) is 5.32. The Morgan fingerprint density at radius 2 is 2.24 bits per heavy atom. The number of aryl methyl sites for hydroxylation is 1. The average Bonchev–Trinajstić information content (AvgIpc) is 3.09. The highest BCUT2D eigenvalue weighted by Crippen LogP contribution is 2.27. The molecule has 2 heterocycles. The topological polar surface area (TPSA) is 77.5 Å². The predicted molar refractivity (Wildman–Crippen MR) is 75.4 cm³/mol. The first-order valence-corrected chi connectivity index (χ1v) is 6.58. The van der Waals surface area contributed by atoms with E-state index >= 15 is 0 Å². The summed E-state index contributed by atoms with van der Waals surface area (Å²) < 4.78 is 12.7. The SMILES string of the molecule is CCn1cc(OCc2c(C(=O)O)oc3ccccc23)cn1. The Morgan fingerprint density at radius 3 is 2.95 bits per heavy atom. The van der Waals surface area contributed by atoms with Crippen LogP contribution in [0.15, 0.2) is 41.1 Å². The molecule has 1 N–H and O–H groups in total. The number of hydrogen-bond acceptors (Lipinski definition) is 4. The number of carboxylic acids is 1. The minimum Gasteiger partial charge on any atom is -0.485 e. The molecule has 0 saturated heterocycles. The van der Waals surface area contributed by atoms with Gasteiger partial charge in [-0.25, -0.2) is 4.79 Å². The van der Waals surface area contributed by atoms with Gasteiger partial charge in [0, 0.05) is 11.9 Å². The first-order valence-electron chi connectivity index (χ1n) is 6.58. The molecular weight excluding hydrogens is 272 g/mol. The van der Waals surface area contributed by atoms with Crippen molar-refractivity contribution in [3.05, 3.63) is 48.0 Å². The van der Waals surface area contributed by atoms with E-state index in [2.05, 4.69) is 5.10 Å². The van der Waals surface area contributed by atoms with Crippen LogP contribution in [0.25, 0.3) is 11.0 Å². The van der Waals surface area contributed by atoms with Gasteiger partial charge in [0.15, 0.2) is 5.75 Å². The molecule has 0 radical (unpaired) electrons. The number of aromatic nitrogens is 2. The number of para-hydroxylation sites is 1. The first kappa shape index (κ1) is 13.2. The maximum absolute atomic E-state index is 11.3. The Balaban J connectivity index is 1.91. The summed E-state index contributed by atoms with van der Waals surface area (Å²) >= 11 is 0. The molecule has 3 aromatic rings. The summed E-state index contributed by atoms with van der Waals surface area (Å²) in [6.45, 7) is 2.84. The molecule has 6 nitrogen and oxygen atoms in total.